The lowest BCUT2D eigenvalue weighted by Gasteiger charge is -2.20. The van der Waals surface area contributed by atoms with Crippen molar-refractivity contribution in [3.05, 3.63) is 0 Å². The third-order valence-corrected chi connectivity index (χ3v) is 2.76. The summed E-state index contributed by atoms with van der Waals surface area (Å²) >= 11 is 0. The molecule has 0 aromatic rings. The maximum Gasteiger partial charge on any atom is 0.0741 e. The van der Waals surface area contributed by atoms with Gasteiger partial charge in [-0.05, 0) is 13.3 Å². The average molecular weight is 201 g/mol. The molecule has 2 heteroatoms. The summed E-state index contributed by atoms with van der Waals surface area (Å²) in [5, 5.41) is 9.64. The van der Waals surface area contributed by atoms with Crippen molar-refractivity contribution >= 4 is 0 Å². The lowest BCUT2D eigenvalue weighted by atomic mass is 9.98. The van der Waals surface area contributed by atoms with Crippen LogP contribution >= 0.6 is 0 Å². The molecule has 0 heterocycles. The summed E-state index contributed by atoms with van der Waals surface area (Å²) in [6, 6.07) is 0. The standard InChI is InChI=1S/C12H27NO/c1-3-4-5-6-7-8-9-10-12(2,14)11-13/h14H,3-11,13H2,1-2H3. The zero-order valence-electron chi connectivity index (χ0n) is 9.89. The third-order valence-electron chi connectivity index (χ3n) is 2.76. The Morgan fingerprint density at radius 3 is 2.00 bits per heavy atom. The van der Waals surface area contributed by atoms with E-state index < -0.39 is 5.60 Å². The molecule has 0 aliphatic heterocycles. The predicted octanol–water partition coefficient (Wildman–Crippen LogP) is 2.84. The fourth-order valence-corrected chi connectivity index (χ4v) is 1.57. The SMILES string of the molecule is CCCCCCCCCC(C)(O)CN. The van der Waals surface area contributed by atoms with Gasteiger partial charge in [-0.3, -0.25) is 0 Å². The van der Waals surface area contributed by atoms with Crippen LogP contribution in [0.5, 0.6) is 0 Å². The molecule has 86 valence electrons. The smallest absolute Gasteiger partial charge is 0.0741 e. The van der Waals surface area contributed by atoms with Gasteiger partial charge in [0.05, 0.1) is 5.60 Å². The first kappa shape index (κ1) is 13.9. The Kier molecular flexibility index (Phi) is 8.20. The predicted molar refractivity (Wildman–Crippen MR) is 62.3 cm³/mol. The molecule has 0 aromatic heterocycles. The van der Waals surface area contributed by atoms with Gasteiger partial charge >= 0.3 is 0 Å². The molecule has 0 saturated carbocycles. The molecule has 14 heavy (non-hydrogen) atoms. The first-order valence-electron chi connectivity index (χ1n) is 6.05. The summed E-state index contributed by atoms with van der Waals surface area (Å²) in [6.07, 6.45) is 9.87. The molecule has 0 amide bonds. The van der Waals surface area contributed by atoms with Gasteiger partial charge in [-0.25, -0.2) is 0 Å². The van der Waals surface area contributed by atoms with Gasteiger partial charge in [-0.1, -0.05) is 51.9 Å². The van der Waals surface area contributed by atoms with E-state index in [0.717, 1.165) is 12.8 Å². The molecule has 2 nitrogen and oxygen atoms in total. The zero-order chi connectivity index (χ0) is 10.9. The summed E-state index contributed by atoms with van der Waals surface area (Å²) in [5.74, 6) is 0. The molecule has 0 bridgehead atoms. The minimum atomic E-state index is -0.635. The van der Waals surface area contributed by atoms with Crippen LogP contribution in [0, 0.1) is 0 Å². The molecule has 0 radical (unpaired) electrons. The molecule has 0 fully saturated rings. The van der Waals surface area contributed by atoms with Crippen LogP contribution in [0.25, 0.3) is 0 Å². The number of hydrogen-bond acceptors (Lipinski definition) is 2. The second-order valence-corrected chi connectivity index (χ2v) is 4.57. The van der Waals surface area contributed by atoms with E-state index in [9.17, 15) is 5.11 Å². The van der Waals surface area contributed by atoms with Crippen LogP contribution in [-0.4, -0.2) is 17.3 Å². The molecule has 0 rings (SSSR count). The van der Waals surface area contributed by atoms with Crippen LogP contribution in [0.15, 0.2) is 0 Å². The molecule has 1 unspecified atom stereocenters. The largest absolute Gasteiger partial charge is 0.389 e. The van der Waals surface area contributed by atoms with E-state index in [2.05, 4.69) is 6.92 Å². The summed E-state index contributed by atoms with van der Waals surface area (Å²) in [6.45, 7) is 4.44. The molecule has 3 N–H and O–H groups in total. The molecule has 0 aromatic carbocycles. The molecule has 1 atom stereocenters. The Bertz CT molecular complexity index is 123. The van der Waals surface area contributed by atoms with Crippen LogP contribution < -0.4 is 5.73 Å². The summed E-state index contributed by atoms with van der Waals surface area (Å²) in [7, 11) is 0. The van der Waals surface area contributed by atoms with Crippen molar-refractivity contribution in [1.29, 1.82) is 0 Å². The van der Waals surface area contributed by atoms with Crippen molar-refractivity contribution in [2.75, 3.05) is 6.54 Å². The Morgan fingerprint density at radius 1 is 1.00 bits per heavy atom. The van der Waals surface area contributed by atoms with Crippen LogP contribution in [-0.2, 0) is 0 Å². The number of unbranched alkanes of at least 4 members (excludes halogenated alkanes) is 6. The highest BCUT2D eigenvalue weighted by atomic mass is 16.3. The quantitative estimate of drug-likeness (QED) is 0.563. The van der Waals surface area contributed by atoms with Crippen molar-refractivity contribution in [3.8, 4) is 0 Å². The molecular weight excluding hydrogens is 174 g/mol. The normalized spacial score (nSPS) is 15.4. The van der Waals surface area contributed by atoms with Gasteiger partial charge in [0, 0.05) is 6.54 Å². The van der Waals surface area contributed by atoms with Crippen LogP contribution in [0.4, 0.5) is 0 Å². The van der Waals surface area contributed by atoms with Gasteiger partial charge < -0.3 is 10.8 Å². The van der Waals surface area contributed by atoms with Crippen LogP contribution in [0.2, 0.25) is 0 Å². The van der Waals surface area contributed by atoms with Gasteiger partial charge in [0.2, 0.25) is 0 Å². The minimum absolute atomic E-state index is 0.378. The van der Waals surface area contributed by atoms with E-state index in [1.54, 1.807) is 0 Å². The second kappa shape index (κ2) is 8.25. The topological polar surface area (TPSA) is 46.2 Å². The fourth-order valence-electron chi connectivity index (χ4n) is 1.57. The third kappa shape index (κ3) is 8.52. The van der Waals surface area contributed by atoms with Crippen molar-refractivity contribution in [3.63, 3.8) is 0 Å². The Balaban J connectivity index is 3.13. The number of aliphatic hydroxyl groups is 1. The van der Waals surface area contributed by atoms with Gasteiger partial charge in [-0.2, -0.15) is 0 Å². The van der Waals surface area contributed by atoms with Gasteiger partial charge in [0.1, 0.15) is 0 Å². The maximum atomic E-state index is 9.64. The highest BCUT2D eigenvalue weighted by molar-refractivity contribution is 4.72. The lowest BCUT2D eigenvalue weighted by molar-refractivity contribution is 0.0571. The maximum absolute atomic E-state index is 9.64. The van der Waals surface area contributed by atoms with E-state index in [1.807, 2.05) is 6.92 Å². The van der Waals surface area contributed by atoms with E-state index in [4.69, 9.17) is 5.73 Å². The monoisotopic (exact) mass is 201 g/mol. The highest BCUT2D eigenvalue weighted by Gasteiger charge is 2.16. The summed E-state index contributed by atoms with van der Waals surface area (Å²) in [4.78, 5) is 0. The molecule has 0 aliphatic rings. The van der Waals surface area contributed by atoms with E-state index in [1.165, 1.54) is 38.5 Å². The van der Waals surface area contributed by atoms with Crippen molar-refractivity contribution in [2.45, 2.75) is 70.8 Å². The summed E-state index contributed by atoms with van der Waals surface area (Å²) < 4.78 is 0. The average Bonchev–Trinajstić information content (AvgIpc) is 2.16. The Hall–Kier alpha value is -0.0800. The van der Waals surface area contributed by atoms with Crippen molar-refractivity contribution in [1.82, 2.24) is 0 Å². The van der Waals surface area contributed by atoms with Gasteiger partial charge in [0.25, 0.3) is 0 Å². The number of hydrogen-bond donors (Lipinski definition) is 2. The summed E-state index contributed by atoms with van der Waals surface area (Å²) in [5.41, 5.74) is 4.80. The van der Waals surface area contributed by atoms with E-state index >= 15 is 0 Å². The van der Waals surface area contributed by atoms with Gasteiger partial charge in [-0.15, -0.1) is 0 Å². The Labute approximate surface area is 88.9 Å². The lowest BCUT2D eigenvalue weighted by Crippen LogP contribution is -2.33. The fraction of sp³-hybridized carbons (Fsp3) is 1.00. The van der Waals surface area contributed by atoms with Crippen molar-refractivity contribution in [2.24, 2.45) is 5.73 Å². The second-order valence-electron chi connectivity index (χ2n) is 4.57. The minimum Gasteiger partial charge on any atom is -0.389 e. The molecule has 0 saturated heterocycles. The van der Waals surface area contributed by atoms with Crippen LogP contribution in [0.1, 0.15) is 65.2 Å². The van der Waals surface area contributed by atoms with E-state index in [-0.39, 0.29) is 0 Å². The first-order chi connectivity index (χ1) is 6.62. The zero-order valence-corrected chi connectivity index (χ0v) is 9.89. The molecule has 0 spiro atoms. The Morgan fingerprint density at radius 2 is 1.50 bits per heavy atom. The number of nitrogens with two attached hydrogens (primary N) is 1. The van der Waals surface area contributed by atoms with E-state index in [0.29, 0.717) is 6.54 Å². The number of rotatable bonds is 9. The molecule has 0 aliphatic carbocycles. The molecular formula is C12H27NO. The first-order valence-corrected chi connectivity index (χ1v) is 6.05. The van der Waals surface area contributed by atoms with Crippen molar-refractivity contribution < 1.29 is 5.11 Å². The van der Waals surface area contributed by atoms with Gasteiger partial charge in [0.15, 0.2) is 0 Å². The highest BCUT2D eigenvalue weighted by Crippen LogP contribution is 2.14. The van der Waals surface area contributed by atoms with Crippen LogP contribution in [0.3, 0.4) is 0 Å².